The van der Waals surface area contributed by atoms with Gasteiger partial charge >= 0.3 is 6.03 Å². The molecule has 112 valence electrons. The lowest BCUT2D eigenvalue weighted by Gasteiger charge is -2.25. The molecule has 1 heterocycles. The normalized spacial score (nSPS) is 21.0. The van der Waals surface area contributed by atoms with Crippen molar-refractivity contribution in [1.82, 2.24) is 15.1 Å². The second-order valence-corrected chi connectivity index (χ2v) is 5.79. The van der Waals surface area contributed by atoms with E-state index < -0.39 is 0 Å². The Labute approximate surface area is 124 Å². The Hall–Kier alpha value is -1.88. The summed E-state index contributed by atoms with van der Waals surface area (Å²) in [7, 11) is 2.12. The van der Waals surface area contributed by atoms with E-state index in [9.17, 15) is 9.59 Å². The summed E-state index contributed by atoms with van der Waals surface area (Å²) in [6, 6.07) is 8.81. The second-order valence-electron chi connectivity index (χ2n) is 5.79. The van der Waals surface area contributed by atoms with E-state index in [1.54, 1.807) is 0 Å². The van der Waals surface area contributed by atoms with Gasteiger partial charge in [0, 0.05) is 19.1 Å². The van der Waals surface area contributed by atoms with E-state index in [1.807, 2.05) is 0 Å². The fraction of sp³-hybridized carbons (Fsp3) is 0.500. The van der Waals surface area contributed by atoms with Crippen LogP contribution in [-0.4, -0.2) is 48.4 Å². The monoisotopic (exact) mass is 287 g/mol. The van der Waals surface area contributed by atoms with Gasteiger partial charge in [0.1, 0.15) is 0 Å². The van der Waals surface area contributed by atoms with Gasteiger partial charge in [-0.25, -0.2) is 4.79 Å². The molecule has 1 aromatic rings. The molecular formula is C16H21N3O2. The number of nitrogens with zero attached hydrogens (tertiary/aromatic N) is 2. The standard InChI is InChI=1S/C16H21N3O2/c1-18(9-4-10-19-15(20)11-17-16(19)21)14-8-7-12-5-2-3-6-13(12)14/h2-3,5-6,14H,4,7-11H2,1H3,(H,17,21). The third-order valence-electron chi connectivity index (χ3n) is 4.46. The number of amides is 3. The van der Waals surface area contributed by atoms with E-state index in [1.165, 1.54) is 16.0 Å². The maximum absolute atomic E-state index is 11.5. The number of carbonyl (C=O) groups is 2. The second kappa shape index (κ2) is 5.85. The molecule has 1 aromatic carbocycles. The number of urea groups is 1. The van der Waals surface area contributed by atoms with Gasteiger partial charge in [0.25, 0.3) is 0 Å². The van der Waals surface area contributed by atoms with E-state index in [-0.39, 0.29) is 18.5 Å². The Morgan fingerprint density at radius 2 is 2.14 bits per heavy atom. The van der Waals surface area contributed by atoms with Crippen LogP contribution in [0.25, 0.3) is 0 Å². The maximum atomic E-state index is 11.5. The van der Waals surface area contributed by atoms with Gasteiger partial charge in [-0.15, -0.1) is 0 Å². The lowest BCUT2D eigenvalue weighted by molar-refractivity contribution is -0.125. The van der Waals surface area contributed by atoms with Crippen molar-refractivity contribution < 1.29 is 9.59 Å². The van der Waals surface area contributed by atoms with Crippen molar-refractivity contribution in [2.75, 3.05) is 26.7 Å². The highest BCUT2D eigenvalue weighted by molar-refractivity contribution is 6.01. The van der Waals surface area contributed by atoms with Gasteiger partial charge in [-0.3, -0.25) is 14.6 Å². The Kier molecular flexibility index (Phi) is 3.92. The third-order valence-corrected chi connectivity index (χ3v) is 4.46. The number of rotatable bonds is 5. The Morgan fingerprint density at radius 1 is 1.33 bits per heavy atom. The van der Waals surface area contributed by atoms with Crippen LogP contribution in [0.1, 0.15) is 30.0 Å². The molecule has 1 aliphatic heterocycles. The zero-order valence-corrected chi connectivity index (χ0v) is 12.3. The Bertz CT molecular complexity index is 542. The van der Waals surface area contributed by atoms with Crippen molar-refractivity contribution in [3.8, 4) is 0 Å². The van der Waals surface area contributed by atoms with Crippen LogP contribution in [0.15, 0.2) is 24.3 Å². The highest BCUT2D eigenvalue weighted by atomic mass is 16.2. The van der Waals surface area contributed by atoms with Crippen LogP contribution < -0.4 is 5.32 Å². The molecule has 5 heteroatoms. The molecule has 1 aliphatic carbocycles. The maximum Gasteiger partial charge on any atom is 0.324 e. The van der Waals surface area contributed by atoms with Gasteiger partial charge in [-0.2, -0.15) is 0 Å². The summed E-state index contributed by atoms with van der Waals surface area (Å²) >= 11 is 0. The first-order chi connectivity index (χ1) is 10.2. The molecule has 5 nitrogen and oxygen atoms in total. The van der Waals surface area contributed by atoms with Crippen LogP contribution in [-0.2, 0) is 11.2 Å². The van der Waals surface area contributed by atoms with E-state index in [2.05, 4.69) is 41.5 Å². The van der Waals surface area contributed by atoms with Crippen LogP contribution in [0.5, 0.6) is 0 Å². The predicted octanol–water partition coefficient (Wildman–Crippen LogP) is 1.55. The number of benzene rings is 1. The van der Waals surface area contributed by atoms with Crippen LogP contribution in [0, 0.1) is 0 Å². The molecule has 3 amide bonds. The summed E-state index contributed by atoms with van der Waals surface area (Å²) in [4.78, 5) is 26.6. The molecular weight excluding hydrogens is 266 g/mol. The first kappa shape index (κ1) is 14.1. The lowest BCUT2D eigenvalue weighted by atomic mass is 10.1. The minimum atomic E-state index is -0.256. The van der Waals surface area contributed by atoms with Gasteiger partial charge in [0.2, 0.25) is 5.91 Å². The minimum Gasteiger partial charge on any atom is -0.329 e. The van der Waals surface area contributed by atoms with Gasteiger partial charge in [0.05, 0.1) is 6.54 Å². The summed E-state index contributed by atoms with van der Waals surface area (Å²) in [5, 5.41) is 2.55. The Morgan fingerprint density at radius 3 is 2.90 bits per heavy atom. The number of carbonyl (C=O) groups excluding carboxylic acids is 2. The van der Waals surface area contributed by atoms with Crippen molar-refractivity contribution in [2.45, 2.75) is 25.3 Å². The molecule has 0 radical (unpaired) electrons. The number of aryl methyl sites for hydroxylation is 1. The zero-order valence-electron chi connectivity index (χ0n) is 12.3. The molecule has 2 aliphatic rings. The van der Waals surface area contributed by atoms with Gasteiger partial charge in [-0.1, -0.05) is 24.3 Å². The van der Waals surface area contributed by atoms with Crippen molar-refractivity contribution in [3.63, 3.8) is 0 Å². The largest absolute Gasteiger partial charge is 0.329 e. The molecule has 0 aromatic heterocycles. The summed E-state index contributed by atoms with van der Waals surface area (Å²) in [6.45, 7) is 1.53. The molecule has 0 saturated carbocycles. The van der Waals surface area contributed by atoms with Crippen LogP contribution in [0.4, 0.5) is 4.79 Å². The molecule has 0 spiro atoms. The number of fused-ring (bicyclic) bond motifs is 1. The van der Waals surface area contributed by atoms with Gasteiger partial charge in [-0.05, 0) is 37.4 Å². The summed E-state index contributed by atoms with van der Waals surface area (Å²) in [5.74, 6) is -0.117. The number of hydrogen-bond acceptors (Lipinski definition) is 3. The average Bonchev–Trinajstić information content (AvgIpc) is 3.05. The first-order valence-corrected chi connectivity index (χ1v) is 7.53. The third kappa shape index (κ3) is 2.78. The smallest absolute Gasteiger partial charge is 0.324 e. The van der Waals surface area contributed by atoms with Crippen LogP contribution >= 0.6 is 0 Å². The van der Waals surface area contributed by atoms with Crippen molar-refractivity contribution in [1.29, 1.82) is 0 Å². The van der Waals surface area contributed by atoms with Gasteiger partial charge < -0.3 is 5.32 Å². The fourth-order valence-corrected chi connectivity index (χ4v) is 3.31. The fourth-order valence-electron chi connectivity index (χ4n) is 3.31. The quantitative estimate of drug-likeness (QED) is 0.836. The molecule has 1 unspecified atom stereocenters. The van der Waals surface area contributed by atoms with Gasteiger partial charge in [0.15, 0.2) is 0 Å². The van der Waals surface area contributed by atoms with Crippen molar-refractivity contribution >= 4 is 11.9 Å². The van der Waals surface area contributed by atoms with E-state index in [4.69, 9.17) is 0 Å². The Balaban J connectivity index is 1.52. The summed E-state index contributed by atoms with van der Waals surface area (Å²) < 4.78 is 0. The molecule has 1 N–H and O–H groups in total. The predicted molar refractivity (Wildman–Crippen MR) is 79.9 cm³/mol. The van der Waals surface area contributed by atoms with Crippen LogP contribution in [0.2, 0.25) is 0 Å². The summed E-state index contributed by atoms with van der Waals surface area (Å²) in [5.41, 5.74) is 2.87. The van der Waals surface area contributed by atoms with Crippen molar-refractivity contribution in [2.24, 2.45) is 0 Å². The zero-order chi connectivity index (χ0) is 14.8. The average molecular weight is 287 g/mol. The molecule has 1 fully saturated rings. The molecule has 21 heavy (non-hydrogen) atoms. The first-order valence-electron chi connectivity index (χ1n) is 7.53. The molecule has 3 rings (SSSR count). The number of imide groups is 1. The highest BCUT2D eigenvalue weighted by Gasteiger charge is 2.29. The highest BCUT2D eigenvalue weighted by Crippen LogP contribution is 2.34. The number of hydrogen-bond donors (Lipinski definition) is 1. The van der Waals surface area contributed by atoms with E-state index >= 15 is 0 Å². The van der Waals surface area contributed by atoms with Crippen molar-refractivity contribution in [3.05, 3.63) is 35.4 Å². The topological polar surface area (TPSA) is 52.6 Å². The van der Waals surface area contributed by atoms with E-state index in [0.29, 0.717) is 12.6 Å². The SMILES string of the molecule is CN(CCCN1C(=O)CNC1=O)C1CCc2ccccc21. The number of nitrogens with one attached hydrogen (secondary N) is 1. The molecule has 1 atom stereocenters. The van der Waals surface area contributed by atoms with E-state index in [0.717, 1.165) is 25.8 Å². The molecule has 1 saturated heterocycles. The lowest BCUT2D eigenvalue weighted by Crippen LogP contribution is -2.34. The minimum absolute atomic E-state index is 0.117. The summed E-state index contributed by atoms with van der Waals surface area (Å²) in [6.07, 6.45) is 3.10. The van der Waals surface area contributed by atoms with Crippen LogP contribution in [0.3, 0.4) is 0 Å². The molecule has 0 bridgehead atoms.